The van der Waals surface area contributed by atoms with E-state index in [1.165, 1.54) is 38.8 Å². The standard InChI is InChI=1S/C21H39NO3.C6H4F3NO/c1-6-15(3)8-9-17-13-22(12-16(17)7-2)14-19-20-18(10-11-23-19)24-21(4,5)25-20;7-6(8,9)4-2-1-3-5(11)10-4/h15-20H,6-14H2,1-5H3;1-3H,(H,10,11). The molecule has 3 fully saturated rings. The molecule has 0 radical (unpaired) electrons. The molecule has 0 saturated carbocycles. The molecule has 6 nitrogen and oxygen atoms in total. The third-order valence-corrected chi connectivity index (χ3v) is 7.74. The van der Waals surface area contributed by atoms with Crippen molar-refractivity contribution >= 4 is 0 Å². The van der Waals surface area contributed by atoms with Crippen LogP contribution in [0.5, 0.6) is 0 Å². The van der Waals surface area contributed by atoms with Gasteiger partial charge in [-0.2, -0.15) is 13.2 Å². The monoisotopic (exact) mass is 516 g/mol. The van der Waals surface area contributed by atoms with Gasteiger partial charge in [-0.1, -0.05) is 46.1 Å². The summed E-state index contributed by atoms with van der Waals surface area (Å²) in [6.07, 6.45) is 2.31. The van der Waals surface area contributed by atoms with Gasteiger partial charge in [0.1, 0.15) is 11.8 Å². The maximum Gasteiger partial charge on any atom is 0.431 e. The molecule has 36 heavy (non-hydrogen) atoms. The molecule has 3 aliphatic rings. The number of hydrogen-bond acceptors (Lipinski definition) is 5. The van der Waals surface area contributed by atoms with Gasteiger partial charge in [-0.25, -0.2) is 0 Å². The number of H-pyrrole nitrogens is 1. The Bertz CT molecular complexity index is 875. The predicted molar refractivity (Wildman–Crippen MR) is 133 cm³/mol. The summed E-state index contributed by atoms with van der Waals surface area (Å²) in [5.74, 6) is 2.10. The quantitative estimate of drug-likeness (QED) is 0.521. The molecule has 9 heteroatoms. The van der Waals surface area contributed by atoms with Gasteiger partial charge in [-0.15, -0.1) is 0 Å². The molecule has 3 aliphatic heterocycles. The lowest BCUT2D eigenvalue weighted by Gasteiger charge is -2.34. The van der Waals surface area contributed by atoms with Crippen molar-refractivity contribution in [3.05, 3.63) is 34.2 Å². The molecule has 6 atom stereocenters. The summed E-state index contributed by atoms with van der Waals surface area (Å²) in [5, 5.41) is 0. The highest BCUT2D eigenvalue weighted by atomic mass is 19.4. The number of pyridine rings is 1. The third-order valence-electron chi connectivity index (χ3n) is 7.74. The van der Waals surface area contributed by atoms with E-state index in [-0.39, 0.29) is 18.3 Å². The van der Waals surface area contributed by atoms with Gasteiger partial charge in [-0.05, 0) is 50.5 Å². The third kappa shape index (κ3) is 8.04. The second-order valence-electron chi connectivity index (χ2n) is 11.0. The van der Waals surface area contributed by atoms with Crippen LogP contribution in [0.3, 0.4) is 0 Å². The van der Waals surface area contributed by atoms with Crippen molar-refractivity contribution in [2.24, 2.45) is 17.8 Å². The Morgan fingerprint density at radius 3 is 2.50 bits per heavy atom. The van der Waals surface area contributed by atoms with Gasteiger partial charge in [0.25, 0.3) is 0 Å². The molecule has 6 unspecified atom stereocenters. The number of halogens is 3. The van der Waals surface area contributed by atoms with Crippen LogP contribution in [0.15, 0.2) is 23.0 Å². The molecule has 3 saturated heterocycles. The number of ether oxygens (including phenoxy) is 3. The number of aromatic amines is 1. The van der Waals surface area contributed by atoms with Crippen molar-refractivity contribution < 1.29 is 27.4 Å². The zero-order valence-corrected chi connectivity index (χ0v) is 22.3. The summed E-state index contributed by atoms with van der Waals surface area (Å²) in [6.45, 7) is 15.4. The SMILES string of the molecule is CCC(C)CCC1CN(CC2OCCC3OC(C)(C)OC23)CC1CC.O=c1cccc(C(F)(F)F)[nH]1. The lowest BCUT2D eigenvalue weighted by molar-refractivity contribution is -0.155. The van der Waals surface area contributed by atoms with E-state index in [0.29, 0.717) is 0 Å². The second-order valence-corrected chi connectivity index (χ2v) is 11.0. The van der Waals surface area contributed by atoms with E-state index < -0.39 is 23.2 Å². The lowest BCUT2D eigenvalue weighted by atomic mass is 9.87. The Morgan fingerprint density at radius 2 is 1.89 bits per heavy atom. The normalized spacial score (nSPS) is 30.9. The fourth-order valence-corrected chi connectivity index (χ4v) is 5.53. The summed E-state index contributed by atoms with van der Waals surface area (Å²) in [4.78, 5) is 14.7. The van der Waals surface area contributed by atoms with E-state index in [2.05, 4.69) is 25.7 Å². The van der Waals surface area contributed by atoms with E-state index in [1.54, 1.807) is 4.98 Å². The first-order chi connectivity index (χ1) is 16.9. The van der Waals surface area contributed by atoms with Crippen molar-refractivity contribution in [1.29, 1.82) is 0 Å². The molecule has 4 rings (SSSR count). The molecule has 0 spiro atoms. The number of nitrogens with zero attached hydrogens (tertiary/aromatic N) is 1. The van der Waals surface area contributed by atoms with Crippen LogP contribution in [0.1, 0.15) is 72.4 Å². The van der Waals surface area contributed by atoms with Crippen LogP contribution < -0.4 is 5.56 Å². The van der Waals surface area contributed by atoms with Crippen molar-refractivity contribution in [3.63, 3.8) is 0 Å². The number of nitrogens with one attached hydrogen (secondary N) is 1. The zero-order valence-electron chi connectivity index (χ0n) is 22.3. The van der Waals surface area contributed by atoms with Gasteiger partial charge in [-0.3, -0.25) is 4.79 Å². The Kier molecular flexibility index (Phi) is 10.1. The first kappa shape index (κ1) is 29.1. The van der Waals surface area contributed by atoms with Crippen molar-refractivity contribution in [2.75, 3.05) is 26.2 Å². The Morgan fingerprint density at radius 1 is 1.17 bits per heavy atom. The van der Waals surface area contributed by atoms with Crippen LogP contribution in [0, 0.1) is 17.8 Å². The van der Waals surface area contributed by atoms with E-state index >= 15 is 0 Å². The first-order valence-electron chi connectivity index (χ1n) is 13.4. The summed E-state index contributed by atoms with van der Waals surface area (Å²) in [7, 11) is 0. The molecular weight excluding hydrogens is 473 g/mol. The molecular formula is C27H43F3N2O4. The lowest BCUT2D eigenvalue weighted by Crippen LogP contribution is -2.48. The van der Waals surface area contributed by atoms with Crippen LogP contribution >= 0.6 is 0 Å². The molecule has 1 aromatic heterocycles. The van der Waals surface area contributed by atoms with Crippen LogP contribution in [0.4, 0.5) is 13.2 Å². The Balaban J connectivity index is 0.000000275. The van der Waals surface area contributed by atoms with Crippen molar-refractivity contribution in [3.8, 4) is 0 Å². The van der Waals surface area contributed by atoms with Crippen LogP contribution in [0.2, 0.25) is 0 Å². The van der Waals surface area contributed by atoms with E-state index in [0.717, 1.165) is 55.5 Å². The van der Waals surface area contributed by atoms with Crippen molar-refractivity contribution in [2.45, 2.75) is 97.0 Å². The average Bonchev–Trinajstić information content (AvgIpc) is 3.36. The minimum atomic E-state index is -4.47. The fourth-order valence-electron chi connectivity index (χ4n) is 5.53. The van der Waals surface area contributed by atoms with E-state index in [1.807, 2.05) is 13.8 Å². The second kappa shape index (κ2) is 12.4. The zero-order chi connectivity index (χ0) is 26.5. The topological polar surface area (TPSA) is 63.8 Å². The highest BCUT2D eigenvalue weighted by molar-refractivity contribution is 5.06. The van der Waals surface area contributed by atoms with E-state index in [9.17, 15) is 18.0 Å². The molecule has 1 aromatic rings. The number of aromatic nitrogens is 1. The average molecular weight is 517 g/mol. The molecule has 0 bridgehead atoms. The smallest absolute Gasteiger partial charge is 0.374 e. The van der Waals surface area contributed by atoms with Gasteiger partial charge < -0.3 is 24.1 Å². The van der Waals surface area contributed by atoms with Crippen LogP contribution in [-0.2, 0) is 20.4 Å². The maximum absolute atomic E-state index is 11.8. The minimum absolute atomic E-state index is 0.1000. The van der Waals surface area contributed by atoms with Crippen LogP contribution in [-0.4, -0.2) is 60.2 Å². The number of alkyl halides is 3. The number of hydrogen-bond donors (Lipinski definition) is 1. The van der Waals surface area contributed by atoms with Gasteiger partial charge >= 0.3 is 6.18 Å². The molecule has 1 N–H and O–H groups in total. The predicted octanol–water partition coefficient (Wildman–Crippen LogP) is 5.47. The summed E-state index contributed by atoms with van der Waals surface area (Å²) in [6, 6.07) is 2.89. The van der Waals surface area contributed by atoms with Gasteiger partial charge in [0.2, 0.25) is 5.56 Å². The summed E-state index contributed by atoms with van der Waals surface area (Å²) >= 11 is 0. The van der Waals surface area contributed by atoms with E-state index in [4.69, 9.17) is 14.2 Å². The Hall–Kier alpha value is -1.42. The van der Waals surface area contributed by atoms with Gasteiger partial charge in [0, 0.05) is 32.3 Å². The number of rotatable bonds is 7. The van der Waals surface area contributed by atoms with Gasteiger partial charge in [0.15, 0.2) is 5.79 Å². The minimum Gasteiger partial charge on any atom is -0.374 e. The fraction of sp³-hybridized carbons (Fsp3) is 0.815. The largest absolute Gasteiger partial charge is 0.431 e. The molecule has 0 aromatic carbocycles. The molecule has 0 aliphatic carbocycles. The first-order valence-corrected chi connectivity index (χ1v) is 13.4. The van der Waals surface area contributed by atoms with Crippen LogP contribution in [0.25, 0.3) is 0 Å². The van der Waals surface area contributed by atoms with Crippen molar-refractivity contribution in [1.82, 2.24) is 9.88 Å². The number of fused-ring (bicyclic) bond motifs is 1. The maximum atomic E-state index is 11.8. The van der Waals surface area contributed by atoms with Gasteiger partial charge in [0.05, 0.1) is 12.2 Å². The highest BCUT2D eigenvalue weighted by Crippen LogP contribution is 2.37. The summed E-state index contributed by atoms with van der Waals surface area (Å²) in [5.41, 5.74) is -1.77. The molecule has 4 heterocycles. The molecule has 206 valence electrons. The number of likely N-dealkylation sites (tertiary alicyclic amines) is 1. The Labute approximate surface area is 212 Å². The molecule has 0 amide bonds. The highest BCUT2D eigenvalue weighted by Gasteiger charge is 2.48. The summed E-state index contributed by atoms with van der Waals surface area (Å²) < 4.78 is 53.8.